The maximum atomic E-state index is 14.1. The van der Waals surface area contributed by atoms with Crippen LogP contribution in [-0.2, 0) is 16.6 Å². The Morgan fingerprint density at radius 1 is 1.13 bits per heavy atom. The van der Waals surface area contributed by atoms with Gasteiger partial charge in [0.2, 0.25) is 11.8 Å². The largest absolute Gasteiger partial charge is 0.344 e. The molecule has 1 saturated carbocycles. The summed E-state index contributed by atoms with van der Waals surface area (Å²) in [7, 11) is 1.78. The molecule has 38 heavy (non-hydrogen) atoms. The third-order valence-corrected chi connectivity index (χ3v) is 9.46. The van der Waals surface area contributed by atoms with Crippen molar-refractivity contribution in [2.45, 2.75) is 77.3 Å². The van der Waals surface area contributed by atoms with Gasteiger partial charge in [0.25, 0.3) is 5.56 Å². The van der Waals surface area contributed by atoms with Gasteiger partial charge >= 0.3 is 0 Å². The maximum Gasteiger partial charge on any atom is 0.251 e. The number of carbonyl (C=O) groups excluding carboxylic acids is 2. The van der Waals surface area contributed by atoms with E-state index in [4.69, 9.17) is 4.98 Å². The second-order valence-electron chi connectivity index (χ2n) is 10.9. The van der Waals surface area contributed by atoms with Crippen LogP contribution in [0, 0.1) is 11.8 Å². The number of aromatic nitrogens is 2. The molecule has 2 fully saturated rings. The van der Waals surface area contributed by atoms with Gasteiger partial charge in [0.15, 0.2) is 0 Å². The van der Waals surface area contributed by atoms with Gasteiger partial charge in [-0.3, -0.25) is 14.4 Å². The number of hydrogen-bond donors (Lipinski definition) is 1. The number of amides is 2. The Labute approximate surface area is 228 Å². The number of hydrogen-bond acceptors (Lipinski definition) is 5. The number of para-hydroxylation sites is 1. The Hall–Kier alpha value is -3.00. The molecule has 1 aromatic carbocycles. The molecule has 1 aliphatic heterocycles. The van der Waals surface area contributed by atoms with Crippen molar-refractivity contribution in [2.75, 3.05) is 6.54 Å². The summed E-state index contributed by atoms with van der Waals surface area (Å²) in [5, 5.41) is 7.04. The van der Waals surface area contributed by atoms with Gasteiger partial charge in [-0.05, 0) is 44.1 Å². The van der Waals surface area contributed by atoms with E-state index in [1.165, 1.54) is 6.42 Å². The molecule has 3 atom stereocenters. The molecule has 1 N–H and O–H groups in total. The van der Waals surface area contributed by atoms with E-state index < -0.39 is 6.04 Å². The highest BCUT2D eigenvalue weighted by Crippen LogP contribution is 2.38. The quantitative estimate of drug-likeness (QED) is 0.438. The highest BCUT2D eigenvalue weighted by molar-refractivity contribution is 7.10. The molecule has 0 unspecified atom stereocenters. The lowest BCUT2D eigenvalue weighted by molar-refractivity contribution is -0.140. The maximum absolute atomic E-state index is 14.1. The van der Waals surface area contributed by atoms with E-state index in [0.29, 0.717) is 6.54 Å². The zero-order valence-electron chi connectivity index (χ0n) is 22.6. The number of benzene rings is 1. The highest BCUT2D eigenvalue weighted by atomic mass is 32.1. The van der Waals surface area contributed by atoms with E-state index in [2.05, 4.69) is 5.32 Å². The normalized spacial score (nSPS) is 20.0. The minimum atomic E-state index is -0.474. The second kappa shape index (κ2) is 11.4. The van der Waals surface area contributed by atoms with Crippen LogP contribution in [0.2, 0.25) is 0 Å². The van der Waals surface area contributed by atoms with E-state index >= 15 is 0 Å². The van der Waals surface area contributed by atoms with Crippen LogP contribution in [0.1, 0.15) is 76.3 Å². The molecule has 7 nitrogen and oxygen atoms in total. The monoisotopic (exact) mass is 534 g/mol. The summed E-state index contributed by atoms with van der Waals surface area (Å²) in [5.74, 6) is 0.0792. The van der Waals surface area contributed by atoms with Gasteiger partial charge in [-0.25, -0.2) is 4.98 Å². The van der Waals surface area contributed by atoms with Crippen molar-refractivity contribution in [1.82, 2.24) is 19.8 Å². The lowest BCUT2D eigenvalue weighted by Gasteiger charge is -2.35. The lowest BCUT2D eigenvalue weighted by atomic mass is 9.83. The molecule has 1 aliphatic carbocycles. The Bertz CT molecular complexity index is 1370. The van der Waals surface area contributed by atoms with Crippen molar-refractivity contribution >= 4 is 34.1 Å². The SMILES string of the molecule is CC[C@@H](C)C(=O)N[C@H](C(=O)N1CCC[C@H]1c1nc(-c2cc(=O)n(C)c3ccccc23)cs1)C1CCCCC1. The number of thiazole rings is 1. The summed E-state index contributed by atoms with van der Waals surface area (Å²) in [6.45, 7) is 4.60. The summed E-state index contributed by atoms with van der Waals surface area (Å²) in [5.41, 5.74) is 2.39. The topological polar surface area (TPSA) is 84.3 Å². The molecule has 8 heteroatoms. The third-order valence-electron chi connectivity index (χ3n) is 8.52. The van der Waals surface area contributed by atoms with Crippen LogP contribution in [0.3, 0.4) is 0 Å². The predicted molar refractivity (Wildman–Crippen MR) is 152 cm³/mol. The molecular formula is C30H38N4O3S. The molecule has 2 aromatic heterocycles. The number of aryl methyl sites for hydroxylation is 1. The molecule has 2 aliphatic rings. The average Bonchev–Trinajstić information content (AvgIpc) is 3.63. The van der Waals surface area contributed by atoms with Gasteiger partial charge in [0, 0.05) is 41.9 Å². The zero-order chi connectivity index (χ0) is 26.8. The van der Waals surface area contributed by atoms with E-state index in [0.717, 1.165) is 72.1 Å². The number of rotatable bonds is 7. The van der Waals surface area contributed by atoms with Crippen LogP contribution in [0.25, 0.3) is 22.2 Å². The minimum Gasteiger partial charge on any atom is -0.344 e. The molecule has 5 rings (SSSR count). The van der Waals surface area contributed by atoms with Crippen LogP contribution < -0.4 is 10.9 Å². The standard InChI is InChI=1S/C30H38N4O3S/c1-4-19(2)28(36)32-27(20-11-6-5-7-12-20)30(37)34-16-10-15-25(34)29-31-23(18-38-29)22-17-26(35)33(3)24-14-9-8-13-21(22)24/h8-9,13-14,17-20,25,27H,4-7,10-12,15-16H2,1-3H3,(H,32,36)/t19-,25+,27+/m1/s1. The zero-order valence-corrected chi connectivity index (χ0v) is 23.4. The Morgan fingerprint density at radius 3 is 2.66 bits per heavy atom. The minimum absolute atomic E-state index is 0.0266. The fraction of sp³-hybridized carbons (Fsp3) is 0.533. The second-order valence-corrected chi connectivity index (χ2v) is 11.8. The van der Waals surface area contributed by atoms with Gasteiger partial charge in [0.05, 0.1) is 17.3 Å². The number of carbonyl (C=O) groups is 2. The number of fused-ring (bicyclic) bond motifs is 1. The molecule has 1 saturated heterocycles. The number of likely N-dealkylation sites (tertiary alicyclic amines) is 1. The fourth-order valence-electron chi connectivity index (χ4n) is 5.98. The molecule has 0 spiro atoms. The Kier molecular flexibility index (Phi) is 7.98. The van der Waals surface area contributed by atoms with E-state index in [9.17, 15) is 14.4 Å². The lowest BCUT2D eigenvalue weighted by Crippen LogP contribution is -2.53. The summed E-state index contributed by atoms with van der Waals surface area (Å²) in [6.07, 6.45) is 7.89. The van der Waals surface area contributed by atoms with Crippen molar-refractivity contribution in [3.63, 3.8) is 0 Å². The highest BCUT2D eigenvalue weighted by Gasteiger charge is 2.40. The number of nitrogens with zero attached hydrogens (tertiary/aromatic N) is 3. The number of pyridine rings is 1. The van der Waals surface area contributed by atoms with Gasteiger partial charge in [-0.2, -0.15) is 0 Å². The van der Waals surface area contributed by atoms with Crippen molar-refractivity contribution in [1.29, 1.82) is 0 Å². The first-order chi connectivity index (χ1) is 18.4. The number of nitrogens with one attached hydrogen (secondary N) is 1. The summed E-state index contributed by atoms with van der Waals surface area (Å²) >= 11 is 1.55. The molecule has 2 amide bonds. The van der Waals surface area contributed by atoms with Crippen LogP contribution in [0.15, 0.2) is 40.5 Å². The van der Waals surface area contributed by atoms with Crippen LogP contribution in [-0.4, -0.2) is 38.9 Å². The first kappa shape index (κ1) is 26.6. The first-order valence-corrected chi connectivity index (χ1v) is 14.9. The summed E-state index contributed by atoms with van der Waals surface area (Å²) in [4.78, 5) is 46.6. The molecular weight excluding hydrogens is 496 g/mol. The van der Waals surface area contributed by atoms with E-state index in [-0.39, 0.29) is 35.3 Å². The fourth-order valence-corrected chi connectivity index (χ4v) is 6.95. The molecule has 0 radical (unpaired) electrons. The molecule has 202 valence electrons. The van der Waals surface area contributed by atoms with Crippen molar-refractivity contribution in [3.8, 4) is 11.3 Å². The van der Waals surface area contributed by atoms with Crippen LogP contribution in [0.5, 0.6) is 0 Å². The molecule has 0 bridgehead atoms. The van der Waals surface area contributed by atoms with Gasteiger partial charge < -0.3 is 14.8 Å². The van der Waals surface area contributed by atoms with Gasteiger partial charge in [0.1, 0.15) is 11.0 Å². The molecule has 3 aromatic rings. The van der Waals surface area contributed by atoms with Crippen molar-refractivity contribution in [2.24, 2.45) is 18.9 Å². The van der Waals surface area contributed by atoms with Gasteiger partial charge in [-0.15, -0.1) is 11.3 Å². The van der Waals surface area contributed by atoms with Crippen LogP contribution in [0.4, 0.5) is 0 Å². The summed E-state index contributed by atoms with van der Waals surface area (Å²) < 4.78 is 1.66. The van der Waals surface area contributed by atoms with Gasteiger partial charge in [-0.1, -0.05) is 51.3 Å². The Morgan fingerprint density at radius 2 is 1.89 bits per heavy atom. The van der Waals surface area contributed by atoms with E-state index in [1.54, 1.807) is 29.0 Å². The average molecular weight is 535 g/mol. The molecule has 3 heterocycles. The summed E-state index contributed by atoms with van der Waals surface area (Å²) in [6, 6.07) is 8.95. The van der Waals surface area contributed by atoms with Crippen LogP contribution >= 0.6 is 11.3 Å². The Balaban J connectivity index is 1.43. The van der Waals surface area contributed by atoms with E-state index in [1.807, 2.05) is 48.4 Å². The third kappa shape index (κ3) is 5.15. The smallest absolute Gasteiger partial charge is 0.251 e. The first-order valence-electron chi connectivity index (χ1n) is 14.0. The predicted octanol–water partition coefficient (Wildman–Crippen LogP) is 5.44. The van der Waals surface area contributed by atoms with Crippen molar-refractivity contribution < 1.29 is 9.59 Å². The van der Waals surface area contributed by atoms with Crippen molar-refractivity contribution in [3.05, 3.63) is 51.1 Å².